The highest BCUT2D eigenvalue weighted by Gasteiger charge is 2.32. The lowest BCUT2D eigenvalue weighted by molar-refractivity contribution is -0.116. The van der Waals surface area contributed by atoms with Gasteiger partial charge in [-0.3, -0.25) is 9.59 Å². The average Bonchev–Trinajstić information content (AvgIpc) is 3.08. The molecule has 1 aliphatic heterocycles. The summed E-state index contributed by atoms with van der Waals surface area (Å²) < 4.78 is 0. The Morgan fingerprint density at radius 3 is 2.68 bits per heavy atom. The zero-order chi connectivity index (χ0) is 20.3. The number of unbranched alkanes of at least 4 members (excludes halogenated alkanes) is 2. The largest absolute Gasteiger partial charge is 0.507 e. The van der Waals surface area contributed by atoms with Gasteiger partial charge in [-0.25, -0.2) is 0 Å². The van der Waals surface area contributed by atoms with Crippen molar-refractivity contribution in [3.05, 3.63) is 34.4 Å². The van der Waals surface area contributed by atoms with Gasteiger partial charge in [-0.2, -0.15) is 0 Å². The summed E-state index contributed by atoms with van der Waals surface area (Å²) in [6, 6.07) is 1.66. The fraction of sp³-hybridized carbons (Fsp3) is 0.565. The van der Waals surface area contributed by atoms with Crippen LogP contribution in [0.15, 0.2) is 17.7 Å². The van der Waals surface area contributed by atoms with E-state index in [0.717, 1.165) is 38.5 Å². The minimum absolute atomic E-state index is 0.0465. The number of nitrogens with zero attached hydrogens (tertiary/aromatic N) is 1. The number of benzene rings is 1. The number of ketones is 1. The van der Waals surface area contributed by atoms with Gasteiger partial charge in [0.05, 0.1) is 12.1 Å². The van der Waals surface area contributed by atoms with Crippen molar-refractivity contribution in [1.82, 2.24) is 4.90 Å². The van der Waals surface area contributed by atoms with Crippen molar-refractivity contribution in [2.45, 2.75) is 71.1 Å². The van der Waals surface area contributed by atoms with Crippen molar-refractivity contribution in [2.24, 2.45) is 0 Å². The van der Waals surface area contributed by atoms with Crippen molar-refractivity contribution in [3.63, 3.8) is 0 Å². The van der Waals surface area contributed by atoms with E-state index in [1.54, 1.807) is 6.07 Å². The number of phenolic OH excluding ortho intramolecular Hbond substituents is 2. The van der Waals surface area contributed by atoms with Gasteiger partial charge in [0.2, 0.25) is 0 Å². The van der Waals surface area contributed by atoms with E-state index in [-0.39, 0.29) is 41.2 Å². The van der Waals surface area contributed by atoms with Crippen LogP contribution < -0.4 is 0 Å². The first-order chi connectivity index (χ1) is 13.4. The molecule has 1 amide bonds. The van der Waals surface area contributed by atoms with Crippen LogP contribution in [-0.4, -0.2) is 39.9 Å². The zero-order valence-electron chi connectivity index (χ0n) is 17.0. The fourth-order valence-electron chi connectivity index (χ4n) is 4.39. The fourth-order valence-corrected chi connectivity index (χ4v) is 4.39. The number of hydrogen-bond acceptors (Lipinski definition) is 4. The molecule has 1 fully saturated rings. The highest BCUT2D eigenvalue weighted by atomic mass is 16.3. The van der Waals surface area contributed by atoms with Crippen molar-refractivity contribution in [1.29, 1.82) is 0 Å². The number of aromatic hydroxyl groups is 2. The van der Waals surface area contributed by atoms with E-state index < -0.39 is 0 Å². The molecule has 1 unspecified atom stereocenters. The molecule has 0 radical (unpaired) electrons. The van der Waals surface area contributed by atoms with Gasteiger partial charge in [0.15, 0.2) is 5.78 Å². The van der Waals surface area contributed by atoms with Crippen LogP contribution in [-0.2, 0) is 11.2 Å². The number of amides is 1. The smallest absolute Gasteiger partial charge is 0.258 e. The molecule has 1 atom stereocenters. The molecule has 5 nitrogen and oxygen atoms in total. The number of allylic oxidation sites excluding steroid dienone is 2. The normalized spacial score (nSPS) is 19.8. The Hall–Kier alpha value is -2.30. The highest BCUT2D eigenvalue weighted by Crippen LogP contribution is 2.44. The Balaban J connectivity index is 2.04. The second-order valence-electron chi connectivity index (χ2n) is 8.18. The predicted octanol–water partition coefficient (Wildman–Crippen LogP) is 4.46. The third-order valence-corrected chi connectivity index (χ3v) is 5.92. The van der Waals surface area contributed by atoms with Crippen LogP contribution in [0.1, 0.15) is 86.2 Å². The number of carbonyl (C=O) groups is 2. The summed E-state index contributed by atoms with van der Waals surface area (Å²) in [5.74, 6) is -0.385. The Bertz CT molecular complexity index is 796. The molecular formula is C23H31NO4. The number of Topliss-reactive ketones (excluding diaryl/α,β-unsaturated/α-hetero) is 1. The second kappa shape index (κ2) is 8.80. The summed E-state index contributed by atoms with van der Waals surface area (Å²) in [6.07, 6.45) is 8.88. The van der Waals surface area contributed by atoms with Crippen LogP contribution in [0, 0.1) is 0 Å². The molecule has 1 heterocycles. The molecule has 0 saturated carbocycles. The maximum atomic E-state index is 13.2. The molecule has 0 aromatic heterocycles. The van der Waals surface area contributed by atoms with E-state index >= 15 is 0 Å². The molecule has 152 valence electrons. The van der Waals surface area contributed by atoms with E-state index in [1.807, 2.05) is 0 Å². The van der Waals surface area contributed by atoms with Crippen molar-refractivity contribution in [3.8, 4) is 11.5 Å². The number of carbonyl (C=O) groups excluding carboxylic acids is 2. The summed E-state index contributed by atoms with van der Waals surface area (Å²) in [5.41, 5.74) is 2.63. The second-order valence-corrected chi connectivity index (χ2v) is 8.18. The van der Waals surface area contributed by atoms with Crippen LogP contribution in [0.4, 0.5) is 0 Å². The van der Waals surface area contributed by atoms with Crippen LogP contribution >= 0.6 is 0 Å². The SMILES string of the molecule is CCCCCc1cc(O)c(C2C=C(C)CCC2)c(O)c1C(=O)N1CCC(=O)C1. The van der Waals surface area contributed by atoms with Crippen LogP contribution in [0.5, 0.6) is 11.5 Å². The van der Waals surface area contributed by atoms with E-state index in [2.05, 4.69) is 19.9 Å². The molecule has 2 N–H and O–H groups in total. The number of phenols is 2. The number of rotatable bonds is 6. The monoisotopic (exact) mass is 385 g/mol. The molecule has 0 bridgehead atoms. The molecule has 5 heteroatoms. The molecule has 1 aromatic rings. The zero-order valence-corrected chi connectivity index (χ0v) is 17.0. The third kappa shape index (κ3) is 4.23. The first-order valence-corrected chi connectivity index (χ1v) is 10.5. The molecule has 1 saturated heterocycles. The van der Waals surface area contributed by atoms with Gasteiger partial charge in [0.1, 0.15) is 11.5 Å². The lowest BCUT2D eigenvalue weighted by atomic mass is 9.83. The molecular weight excluding hydrogens is 354 g/mol. The predicted molar refractivity (Wildman–Crippen MR) is 109 cm³/mol. The molecule has 28 heavy (non-hydrogen) atoms. The summed E-state index contributed by atoms with van der Waals surface area (Å²) >= 11 is 0. The lowest BCUT2D eigenvalue weighted by Crippen LogP contribution is -2.30. The molecule has 2 aliphatic rings. The van der Waals surface area contributed by atoms with E-state index in [0.29, 0.717) is 30.5 Å². The summed E-state index contributed by atoms with van der Waals surface area (Å²) in [7, 11) is 0. The maximum absolute atomic E-state index is 13.2. The molecule has 3 rings (SSSR count). The van der Waals surface area contributed by atoms with Crippen molar-refractivity contribution < 1.29 is 19.8 Å². The van der Waals surface area contributed by atoms with Gasteiger partial charge >= 0.3 is 0 Å². The minimum atomic E-state index is -0.299. The van der Waals surface area contributed by atoms with Gasteiger partial charge in [-0.15, -0.1) is 0 Å². The highest BCUT2D eigenvalue weighted by molar-refractivity contribution is 6.02. The number of likely N-dealkylation sites (tertiary alicyclic amines) is 1. The van der Waals surface area contributed by atoms with E-state index in [9.17, 15) is 19.8 Å². The Morgan fingerprint density at radius 1 is 1.25 bits per heavy atom. The van der Waals surface area contributed by atoms with Crippen molar-refractivity contribution in [2.75, 3.05) is 13.1 Å². The summed E-state index contributed by atoms with van der Waals surface area (Å²) in [4.78, 5) is 26.4. The van der Waals surface area contributed by atoms with E-state index in [4.69, 9.17) is 0 Å². The summed E-state index contributed by atoms with van der Waals surface area (Å²) in [6.45, 7) is 4.66. The minimum Gasteiger partial charge on any atom is -0.507 e. The first kappa shape index (κ1) is 20.4. The Kier molecular flexibility index (Phi) is 6.42. The standard InChI is InChI=1S/C23H31NO4/c1-3-4-5-8-17-13-19(26)20(16-9-6-7-15(2)12-16)22(27)21(17)23(28)24-11-10-18(25)14-24/h12-13,16,26-27H,3-11,14H2,1-2H3. The quantitative estimate of drug-likeness (QED) is 0.560. The van der Waals surface area contributed by atoms with Gasteiger partial charge in [0.25, 0.3) is 5.91 Å². The molecule has 1 aromatic carbocycles. The summed E-state index contributed by atoms with van der Waals surface area (Å²) in [5, 5.41) is 21.8. The topological polar surface area (TPSA) is 77.8 Å². The molecule has 0 spiro atoms. The van der Waals surface area contributed by atoms with Crippen molar-refractivity contribution >= 4 is 11.7 Å². The van der Waals surface area contributed by atoms with Gasteiger partial charge in [0, 0.05) is 24.4 Å². The first-order valence-electron chi connectivity index (χ1n) is 10.5. The Morgan fingerprint density at radius 2 is 2.04 bits per heavy atom. The number of aryl methyl sites for hydroxylation is 1. The maximum Gasteiger partial charge on any atom is 0.258 e. The Labute approximate surface area is 167 Å². The van der Waals surface area contributed by atoms with Gasteiger partial charge < -0.3 is 15.1 Å². The molecule has 1 aliphatic carbocycles. The average molecular weight is 386 g/mol. The van der Waals surface area contributed by atoms with Crippen LogP contribution in [0.2, 0.25) is 0 Å². The van der Waals surface area contributed by atoms with Gasteiger partial charge in [-0.1, -0.05) is 31.4 Å². The third-order valence-electron chi connectivity index (χ3n) is 5.92. The van der Waals surface area contributed by atoms with Gasteiger partial charge in [-0.05, 0) is 50.7 Å². The number of hydrogen-bond donors (Lipinski definition) is 2. The van der Waals surface area contributed by atoms with Crippen LogP contribution in [0.3, 0.4) is 0 Å². The van der Waals surface area contributed by atoms with E-state index in [1.165, 1.54) is 10.5 Å². The van der Waals surface area contributed by atoms with Crippen LogP contribution in [0.25, 0.3) is 0 Å². The lowest BCUT2D eigenvalue weighted by Gasteiger charge is -2.25.